The van der Waals surface area contributed by atoms with Crippen molar-refractivity contribution in [3.63, 3.8) is 0 Å². The van der Waals surface area contributed by atoms with Crippen molar-refractivity contribution in [1.29, 1.82) is 0 Å². The van der Waals surface area contributed by atoms with Gasteiger partial charge in [0.2, 0.25) is 0 Å². The SMILES string of the molecule is CNC(CN1CCNCC1)c1ccc2ncoc2c1. The van der Waals surface area contributed by atoms with Crippen molar-refractivity contribution in [2.24, 2.45) is 0 Å². The fraction of sp³-hybridized carbons (Fsp3) is 0.500. The quantitative estimate of drug-likeness (QED) is 0.859. The van der Waals surface area contributed by atoms with Gasteiger partial charge in [0.25, 0.3) is 0 Å². The highest BCUT2D eigenvalue weighted by Gasteiger charge is 2.17. The Bertz CT molecular complexity index is 533. The Morgan fingerprint density at radius 3 is 3.05 bits per heavy atom. The van der Waals surface area contributed by atoms with Gasteiger partial charge < -0.3 is 15.1 Å². The molecule has 0 saturated carbocycles. The highest BCUT2D eigenvalue weighted by atomic mass is 16.3. The van der Waals surface area contributed by atoms with Crippen LogP contribution in [0.3, 0.4) is 0 Å². The van der Waals surface area contributed by atoms with Crippen LogP contribution in [-0.2, 0) is 0 Å². The number of aromatic nitrogens is 1. The predicted molar refractivity (Wildman–Crippen MR) is 75.1 cm³/mol. The number of benzene rings is 1. The number of hydrogen-bond acceptors (Lipinski definition) is 5. The lowest BCUT2D eigenvalue weighted by atomic mass is 10.1. The summed E-state index contributed by atoms with van der Waals surface area (Å²) >= 11 is 0. The standard InChI is InChI=1S/C14H20N4O/c1-15-13(9-18-6-4-16-5-7-18)11-2-3-12-14(8-11)19-10-17-12/h2-3,8,10,13,15-16H,4-7,9H2,1H3. The molecule has 0 bridgehead atoms. The average molecular weight is 260 g/mol. The van der Waals surface area contributed by atoms with Gasteiger partial charge in [0.1, 0.15) is 5.52 Å². The van der Waals surface area contributed by atoms with Crippen LogP contribution in [0.25, 0.3) is 11.1 Å². The summed E-state index contributed by atoms with van der Waals surface area (Å²) < 4.78 is 5.38. The van der Waals surface area contributed by atoms with Gasteiger partial charge in [-0.15, -0.1) is 0 Å². The van der Waals surface area contributed by atoms with Crippen molar-refractivity contribution >= 4 is 11.1 Å². The molecule has 5 nitrogen and oxygen atoms in total. The fourth-order valence-electron chi connectivity index (χ4n) is 2.60. The highest BCUT2D eigenvalue weighted by Crippen LogP contribution is 2.20. The molecule has 2 aromatic rings. The Morgan fingerprint density at radius 2 is 2.26 bits per heavy atom. The van der Waals surface area contributed by atoms with Crippen molar-refractivity contribution in [2.75, 3.05) is 39.8 Å². The van der Waals surface area contributed by atoms with E-state index in [-0.39, 0.29) is 0 Å². The van der Waals surface area contributed by atoms with Crippen molar-refractivity contribution in [3.8, 4) is 0 Å². The number of oxazole rings is 1. The summed E-state index contributed by atoms with van der Waals surface area (Å²) in [5.74, 6) is 0. The van der Waals surface area contributed by atoms with E-state index < -0.39 is 0 Å². The number of likely N-dealkylation sites (N-methyl/N-ethyl adjacent to an activating group) is 1. The van der Waals surface area contributed by atoms with Crippen molar-refractivity contribution < 1.29 is 4.42 Å². The average Bonchev–Trinajstić information content (AvgIpc) is 2.93. The Hall–Kier alpha value is -1.43. The summed E-state index contributed by atoms with van der Waals surface area (Å²) in [5.41, 5.74) is 3.03. The summed E-state index contributed by atoms with van der Waals surface area (Å²) in [6.45, 7) is 5.42. The maximum atomic E-state index is 5.38. The molecule has 102 valence electrons. The summed E-state index contributed by atoms with van der Waals surface area (Å²) in [5, 5.41) is 6.78. The minimum atomic E-state index is 0.326. The van der Waals surface area contributed by atoms with Crippen LogP contribution in [0.4, 0.5) is 0 Å². The first kappa shape index (κ1) is 12.6. The van der Waals surface area contributed by atoms with E-state index >= 15 is 0 Å². The maximum Gasteiger partial charge on any atom is 0.181 e. The molecule has 1 aliphatic rings. The van der Waals surface area contributed by atoms with E-state index in [9.17, 15) is 0 Å². The molecule has 1 aromatic heterocycles. The number of nitrogens with zero attached hydrogens (tertiary/aromatic N) is 2. The monoisotopic (exact) mass is 260 g/mol. The van der Waals surface area contributed by atoms with Crippen molar-refractivity contribution in [3.05, 3.63) is 30.2 Å². The third kappa shape index (κ3) is 2.78. The van der Waals surface area contributed by atoms with Gasteiger partial charge in [-0.25, -0.2) is 4.98 Å². The molecule has 1 aliphatic heterocycles. The maximum absolute atomic E-state index is 5.38. The lowest BCUT2D eigenvalue weighted by molar-refractivity contribution is 0.219. The zero-order chi connectivity index (χ0) is 13.1. The van der Waals surface area contributed by atoms with Crippen LogP contribution in [0, 0.1) is 0 Å². The molecule has 0 amide bonds. The number of piperazine rings is 1. The first-order valence-electron chi connectivity index (χ1n) is 6.80. The predicted octanol–water partition coefficient (Wildman–Crippen LogP) is 0.994. The van der Waals surface area contributed by atoms with Gasteiger partial charge in [0.15, 0.2) is 12.0 Å². The Labute approximate surface area is 113 Å². The molecule has 2 N–H and O–H groups in total. The smallest absolute Gasteiger partial charge is 0.181 e. The lowest BCUT2D eigenvalue weighted by Crippen LogP contribution is -2.46. The molecule has 1 saturated heterocycles. The Kier molecular flexibility index (Phi) is 3.77. The van der Waals surface area contributed by atoms with Gasteiger partial charge >= 0.3 is 0 Å². The molecular formula is C14H20N4O. The topological polar surface area (TPSA) is 53.3 Å². The second-order valence-corrected chi connectivity index (χ2v) is 4.97. The van der Waals surface area contributed by atoms with E-state index in [1.165, 1.54) is 12.0 Å². The summed E-state index contributed by atoms with van der Waals surface area (Å²) in [6.07, 6.45) is 1.50. The molecule has 1 aromatic carbocycles. The zero-order valence-electron chi connectivity index (χ0n) is 11.2. The van der Waals surface area contributed by atoms with Crippen molar-refractivity contribution in [2.45, 2.75) is 6.04 Å². The first-order valence-corrected chi connectivity index (χ1v) is 6.80. The number of hydrogen-bond donors (Lipinski definition) is 2. The summed E-state index contributed by atoms with van der Waals surface area (Å²) in [4.78, 5) is 6.64. The number of nitrogens with one attached hydrogen (secondary N) is 2. The van der Waals surface area contributed by atoms with Crippen LogP contribution >= 0.6 is 0 Å². The van der Waals surface area contributed by atoms with E-state index in [1.54, 1.807) is 0 Å². The van der Waals surface area contributed by atoms with Crippen LogP contribution in [0.15, 0.2) is 29.0 Å². The molecule has 1 fully saturated rings. The molecule has 0 radical (unpaired) electrons. The minimum Gasteiger partial charge on any atom is -0.443 e. The molecular weight excluding hydrogens is 240 g/mol. The second kappa shape index (κ2) is 5.69. The Morgan fingerprint density at radius 1 is 1.42 bits per heavy atom. The second-order valence-electron chi connectivity index (χ2n) is 4.97. The first-order chi connectivity index (χ1) is 9.36. The van der Waals surface area contributed by atoms with Gasteiger partial charge in [-0.05, 0) is 24.7 Å². The van der Waals surface area contributed by atoms with E-state index in [0.717, 1.165) is 43.8 Å². The molecule has 0 spiro atoms. The van der Waals surface area contributed by atoms with E-state index in [4.69, 9.17) is 4.42 Å². The fourth-order valence-corrected chi connectivity index (χ4v) is 2.60. The van der Waals surface area contributed by atoms with Crippen LogP contribution in [0.5, 0.6) is 0 Å². The van der Waals surface area contributed by atoms with E-state index in [1.807, 2.05) is 13.1 Å². The van der Waals surface area contributed by atoms with Crippen molar-refractivity contribution in [1.82, 2.24) is 20.5 Å². The molecule has 5 heteroatoms. The molecule has 1 unspecified atom stereocenters. The highest BCUT2D eigenvalue weighted by molar-refractivity contribution is 5.72. The van der Waals surface area contributed by atoms with Crippen LogP contribution in [-0.4, -0.2) is 49.7 Å². The lowest BCUT2D eigenvalue weighted by Gasteiger charge is -2.31. The normalized spacial score (nSPS) is 18.8. The molecule has 0 aliphatic carbocycles. The Balaban J connectivity index is 1.76. The summed E-state index contributed by atoms with van der Waals surface area (Å²) in [7, 11) is 2.01. The number of fused-ring (bicyclic) bond motifs is 1. The van der Waals surface area contributed by atoms with Gasteiger partial charge in [-0.2, -0.15) is 0 Å². The third-order valence-corrected chi connectivity index (χ3v) is 3.76. The minimum absolute atomic E-state index is 0.326. The van der Waals surface area contributed by atoms with Crippen LogP contribution in [0.1, 0.15) is 11.6 Å². The molecule has 1 atom stereocenters. The molecule has 2 heterocycles. The van der Waals surface area contributed by atoms with Crippen LogP contribution in [0.2, 0.25) is 0 Å². The largest absolute Gasteiger partial charge is 0.443 e. The van der Waals surface area contributed by atoms with Gasteiger partial charge in [-0.1, -0.05) is 6.07 Å². The summed E-state index contributed by atoms with van der Waals surface area (Å²) in [6, 6.07) is 6.57. The third-order valence-electron chi connectivity index (χ3n) is 3.76. The molecule has 19 heavy (non-hydrogen) atoms. The molecule has 3 rings (SSSR count). The van der Waals surface area contributed by atoms with Gasteiger partial charge in [0.05, 0.1) is 0 Å². The van der Waals surface area contributed by atoms with E-state index in [2.05, 4.69) is 32.7 Å². The van der Waals surface area contributed by atoms with Crippen LogP contribution < -0.4 is 10.6 Å². The van der Waals surface area contributed by atoms with Gasteiger partial charge in [0, 0.05) is 38.8 Å². The van der Waals surface area contributed by atoms with E-state index in [0.29, 0.717) is 6.04 Å². The zero-order valence-corrected chi connectivity index (χ0v) is 11.2. The van der Waals surface area contributed by atoms with Gasteiger partial charge in [-0.3, -0.25) is 4.90 Å². The number of rotatable bonds is 4.